The quantitative estimate of drug-likeness (QED) is 0.725. The van der Waals surface area contributed by atoms with Crippen molar-refractivity contribution in [2.75, 3.05) is 5.32 Å². The van der Waals surface area contributed by atoms with E-state index in [1.807, 2.05) is 24.3 Å². The fourth-order valence-electron chi connectivity index (χ4n) is 1.92. The second kappa shape index (κ2) is 6.41. The monoisotopic (exact) mass is 312 g/mol. The molecule has 6 heteroatoms. The minimum absolute atomic E-state index is 0.402. The van der Waals surface area contributed by atoms with E-state index in [-0.39, 0.29) is 0 Å². The van der Waals surface area contributed by atoms with Crippen LogP contribution in [0.25, 0.3) is 0 Å². The number of benzene rings is 1. The molecule has 0 aliphatic heterocycles. The summed E-state index contributed by atoms with van der Waals surface area (Å²) in [5.74, 6) is 2.69. The molecule has 110 valence electrons. The number of pyridine rings is 1. The number of nitrogens with one attached hydrogen (secondary N) is 1. The Kier molecular flexibility index (Phi) is 4.16. The Morgan fingerprint density at radius 1 is 1.00 bits per heavy atom. The molecular weight excluding hydrogens is 300 g/mol. The van der Waals surface area contributed by atoms with Crippen molar-refractivity contribution in [3.05, 3.63) is 65.8 Å². The number of hydrogen-bond acceptors (Lipinski definition) is 5. The zero-order valence-corrected chi connectivity index (χ0v) is 12.6. The number of hydrogen-bond donors (Lipinski definition) is 1. The zero-order valence-electron chi connectivity index (χ0n) is 11.8. The normalized spacial score (nSPS) is 10.3. The number of nitrogens with zero attached hydrogens (tertiary/aromatic N) is 3. The zero-order chi connectivity index (χ0) is 15.4. The van der Waals surface area contributed by atoms with E-state index in [1.165, 1.54) is 0 Å². The Labute approximate surface area is 133 Å². The first-order chi connectivity index (χ1) is 10.7. The number of halogens is 1. The minimum Gasteiger partial charge on any atom is -0.457 e. The summed E-state index contributed by atoms with van der Waals surface area (Å²) in [7, 11) is 0. The number of ether oxygens (including phenoxy) is 1. The average molecular weight is 313 g/mol. The summed E-state index contributed by atoms with van der Waals surface area (Å²) in [6.07, 6.45) is 3.37. The molecule has 0 aliphatic carbocycles. The fraction of sp³-hybridized carbons (Fsp3) is 0.0625. The minimum atomic E-state index is 0.402. The Morgan fingerprint density at radius 2 is 1.82 bits per heavy atom. The number of rotatable bonds is 4. The van der Waals surface area contributed by atoms with Gasteiger partial charge in [-0.1, -0.05) is 17.7 Å². The van der Waals surface area contributed by atoms with Crippen molar-refractivity contribution in [2.45, 2.75) is 6.92 Å². The van der Waals surface area contributed by atoms with Gasteiger partial charge in [-0.3, -0.25) is 4.98 Å². The van der Waals surface area contributed by atoms with Crippen molar-refractivity contribution in [1.82, 2.24) is 15.0 Å². The van der Waals surface area contributed by atoms with Crippen molar-refractivity contribution in [2.24, 2.45) is 0 Å². The Balaban J connectivity index is 1.79. The maximum Gasteiger partial charge on any atom is 0.135 e. The fourth-order valence-corrected chi connectivity index (χ4v) is 2.15. The van der Waals surface area contributed by atoms with Crippen LogP contribution in [0.2, 0.25) is 5.15 Å². The van der Waals surface area contributed by atoms with Gasteiger partial charge in [0, 0.05) is 30.2 Å². The van der Waals surface area contributed by atoms with E-state index in [2.05, 4.69) is 20.3 Å². The highest BCUT2D eigenvalue weighted by atomic mass is 35.5. The molecule has 1 aromatic carbocycles. The van der Waals surface area contributed by atoms with Gasteiger partial charge in [-0.2, -0.15) is 0 Å². The first kappa shape index (κ1) is 14.3. The van der Waals surface area contributed by atoms with Gasteiger partial charge in [-0.05, 0) is 31.2 Å². The molecule has 1 N–H and O–H groups in total. The molecule has 22 heavy (non-hydrogen) atoms. The predicted octanol–water partition coefficient (Wildman–Crippen LogP) is 4.37. The Hall–Kier alpha value is -2.66. The van der Waals surface area contributed by atoms with Gasteiger partial charge in [0.2, 0.25) is 0 Å². The molecule has 0 radical (unpaired) electrons. The highest BCUT2D eigenvalue weighted by Crippen LogP contribution is 2.25. The van der Waals surface area contributed by atoms with Gasteiger partial charge in [0.05, 0.1) is 0 Å². The molecule has 0 spiro atoms. The molecule has 3 rings (SSSR count). The van der Waals surface area contributed by atoms with Crippen molar-refractivity contribution in [3.8, 4) is 11.5 Å². The summed E-state index contributed by atoms with van der Waals surface area (Å²) in [5, 5.41) is 3.59. The first-order valence-corrected chi connectivity index (χ1v) is 7.03. The van der Waals surface area contributed by atoms with Gasteiger partial charge in [0.1, 0.15) is 28.3 Å². The number of anilines is 2. The lowest BCUT2D eigenvalue weighted by molar-refractivity contribution is 0.482. The predicted molar refractivity (Wildman–Crippen MR) is 85.8 cm³/mol. The molecule has 0 amide bonds. The van der Waals surface area contributed by atoms with Gasteiger partial charge >= 0.3 is 0 Å². The molecule has 0 saturated heterocycles. The lowest BCUT2D eigenvalue weighted by Crippen LogP contribution is -1.97. The maximum atomic E-state index is 5.93. The van der Waals surface area contributed by atoms with Crippen LogP contribution in [0.1, 0.15) is 5.82 Å². The van der Waals surface area contributed by atoms with Crippen molar-refractivity contribution >= 4 is 23.1 Å². The van der Waals surface area contributed by atoms with Gasteiger partial charge in [-0.15, -0.1) is 0 Å². The van der Waals surface area contributed by atoms with E-state index in [0.717, 1.165) is 11.4 Å². The van der Waals surface area contributed by atoms with Crippen LogP contribution in [0.3, 0.4) is 0 Å². The second-order valence-corrected chi connectivity index (χ2v) is 4.95. The van der Waals surface area contributed by atoms with Crippen LogP contribution in [0.5, 0.6) is 11.5 Å². The molecule has 5 nitrogen and oxygen atoms in total. The number of aryl methyl sites for hydroxylation is 1. The van der Waals surface area contributed by atoms with Crippen LogP contribution in [0.4, 0.5) is 11.5 Å². The summed E-state index contributed by atoms with van der Waals surface area (Å²) in [4.78, 5) is 12.3. The smallest absolute Gasteiger partial charge is 0.135 e. The Bertz CT molecular complexity index is 760. The van der Waals surface area contributed by atoms with E-state index < -0.39 is 0 Å². The topological polar surface area (TPSA) is 59.9 Å². The molecule has 0 atom stereocenters. The average Bonchev–Trinajstić information content (AvgIpc) is 2.47. The van der Waals surface area contributed by atoms with Crippen LogP contribution in [-0.4, -0.2) is 15.0 Å². The summed E-state index contributed by atoms with van der Waals surface area (Å²) in [5.41, 5.74) is 0.848. The third kappa shape index (κ3) is 3.71. The lowest BCUT2D eigenvalue weighted by Gasteiger charge is -2.09. The van der Waals surface area contributed by atoms with Gasteiger partial charge < -0.3 is 10.1 Å². The van der Waals surface area contributed by atoms with E-state index in [9.17, 15) is 0 Å². The Morgan fingerprint density at radius 3 is 2.59 bits per heavy atom. The third-order valence-electron chi connectivity index (χ3n) is 2.80. The van der Waals surface area contributed by atoms with Gasteiger partial charge in [0.15, 0.2) is 0 Å². The highest BCUT2D eigenvalue weighted by Gasteiger charge is 2.03. The van der Waals surface area contributed by atoms with E-state index >= 15 is 0 Å². The molecule has 0 bridgehead atoms. The molecular formula is C16H13ClN4O. The summed E-state index contributed by atoms with van der Waals surface area (Å²) in [6, 6.07) is 12.8. The van der Waals surface area contributed by atoms with Crippen LogP contribution >= 0.6 is 11.6 Å². The van der Waals surface area contributed by atoms with Gasteiger partial charge in [0.25, 0.3) is 0 Å². The molecule has 0 aliphatic rings. The lowest BCUT2D eigenvalue weighted by atomic mass is 10.3. The maximum absolute atomic E-state index is 5.93. The van der Waals surface area contributed by atoms with Crippen molar-refractivity contribution < 1.29 is 4.74 Å². The van der Waals surface area contributed by atoms with E-state index in [1.54, 1.807) is 37.5 Å². The second-order valence-electron chi connectivity index (χ2n) is 4.56. The van der Waals surface area contributed by atoms with Crippen molar-refractivity contribution in [3.63, 3.8) is 0 Å². The summed E-state index contributed by atoms with van der Waals surface area (Å²) < 4.78 is 5.77. The molecule has 2 aromatic heterocycles. The SMILES string of the molecule is Cc1nc(Cl)cc(Nc2cccc(Oc3ccncc3)c2)n1. The third-order valence-corrected chi connectivity index (χ3v) is 2.99. The largest absolute Gasteiger partial charge is 0.457 e. The molecule has 2 heterocycles. The number of aromatic nitrogens is 3. The molecule has 0 unspecified atom stereocenters. The van der Waals surface area contributed by atoms with Crippen LogP contribution in [0, 0.1) is 6.92 Å². The van der Waals surface area contributed by atoms with Crippen LogP contribution in [0.15, 0.2) is 54.9 Å². The van der Waals surface area contributed by atoms with Crippen LogP contribution < -0.4 is 10.1 Å². The molecule has 0 fully saturated rings. The molecule has 3 aromatic rings. The standard InChI is InChI=1S/C16H13ClN4O/c1-11-19-15(17)10-16(20-11)21-12-3-2-4-14(9-12)22-13-5-7-18-8-6-13/h2-10H,1H3,(H,19,20,21). The van der Waals surface area contributed by atoms with Gasteiger partial charge in [-0.25, -0.2) is 9.97 Å². The summed E-state index contributed by atoms with van der Waals surface area (Å²) >= 11 is 5.93. The summed E-state index contributed by atoms with van der Waals surface area (Å²) in [6.45, 7) is 1.79. The van der Waals surface area contributed by atoms with E-state index in [4.69, 9.17) is 16.3 Å². The van der Waals surface area contributed by atoms with Crippen molar-refractivity contribution in [1.29, 1.82) is 0 Å². The molecule has 0 saturated carbocycles. The highest BCUT2D eigenvalue weighted by molar-refractivity contribution is 6.29. The van der Waals surface area contributed by atoms with E-state index in [0.29, 0.717) is 22.5 Å². The van der Waals surface area contributed by atoms with Crippen LogP contribution in [-0.2, 0) is 0 Å². The first-order valence-electron chi connectivity index (χ1n) is 6.65.